The van der Waals surface area contributed by atoms with Crippen molar-refractivity contribution < 1.29 is 9.53 Å². The smallest absolute Gasteiger partial charge is 0.328 e. The molecular weight excluding hydrogens is 274 g/mol. The summed E-state index contributed by atoms with van der Waals surface area (Å²) in [6.45, 7) is 8.43. The molecule has 0 aliphatic carbocycles. The van der Waals surface area contributed by atoms with Crippen LogP contribution in [0.2, 0.25) is 5.02 Å². The summed E-state index contributed by atoms with van der Waals surface area (Å²) < 4.78 is 4.92. The van der Waals surface area contributed by atoms with E-state index in [9.17, 15) is 4.79 Å². The summed E-state index contributed by atoms with van der Waals surface area (Å²) in [5, 5.41) is 0.737. The lowest BCUT2D eigenvalue weighted by Crippen LogP contribution is -2.55. The quantitative estimate of drug-likeness (QED) is 0.773. The van der Waals surface area contributed by atoms with Gasteiger partial charge in [-0.05, 0) is 56.9 Å². The van der Waals surface area contributed by atoms with Gasteiger partial charge in [0.2, 0.25) is 0 Å². The summed E-state index contributed by atoms with van der Waals surface area (Å²) in [5.74, 6) is 0.202. The van der Waals surface area contributed by atoms with E-state index in [-0.39, 0.29) is 17.6 Å². The van der Waals surface area contributed by atoms with Crippen LogP contribution >= 0.6 is 11.6 Å². The van der Waals surface area contributed by atoms with E-state index in [4.69, 9.17) is 16.3 Å². The van der Waals surface area contributed by atoms with E-state index in [1.54, 1.807) is 0 Å². The Kier molecular flexibility index (Phi) is 4.01. The minimum Gasteiger partial charge on any atom is -0.467 e. The zero-order chi connectivity index (χ0) is 15.1. The van der Waals surface area contributed by atoms with Crippen molar-refractivity contribution in [3.05, 3.63) is 28.8 Å². The van der Waals surface area contributed by atoms with Crippen molar-refractivity contribution in [3.8, 4) is 0 Å². The average Bonchev–Trinajstić information content (AvgIpc) is 2.37. The number of ether oxygens (including phenoxy) is 1. The number of fused-ring (bicyclic) bond motifs is 1. The number of halogens is 1. The summed E-state index contributed by atoms with van der Waals surface area (Å²) in [7, 11) is 1.43. The second-order valence-electron chi connectivity index (χ2n) is 6.19. The number of methoxy groups -OCH3 is 1. The molecule has 0 fully saturated rings. The fourth-order valence-corrected chi connectivity index (χ4v) is 3.61. The van der Waals surface area contributed by atoms with Gasteiger partial charge in [0.1, 0.15) is 6.04 Å². The van der Waals surface area contributed by atoms with Crippen molar-refractivity contribution in [3.63, 3.8) is 0 Å². The van der Waals surface area contributed by atoms with E-state index in [0.717, 1.165) is 17.1 Å². The molecule has 1 aliphatic rings. The zero-order valence-corrected chi connectivity index (χ0v) is 13.5. The van der Waals surface area contributed by atoms with E-state index >= 15 is 0 Å². The number of hydrogen-bond acceptors (Lipinski definition) is 3. The van der Waals surface area contributed by atoms with Crippen molar-refractivity contribution in [2.45, 2.75) is 51.6 Å². The number of esters is 1. The Bertz CT molecular complexity index is 527. The minimum atomic E-state index is -0.317. The topological polar surface area (TPSA) is 29.5 Å². The largest absolute Gasteiger partial charge is 0.467 e. The zero-order valence-electron chi connectivity index (χ0n) is 12.7. The molecule has 1 aliphatic heterocycles. The molecule has 3 nitrogen and oxygen atoms in total. The number of anilines is 1. The summed E-state index contributed by atoms with van der Waals surface area (Å²) >= 11 is 6.12. The first kappa shape index (κ1) is 15.2. The van der Waals surface area contributed by atoms with Gasteiger partial charge in [-0.25, -0.2) is 4.79 Å². The van der Waals surface area contributed by atoms with Crippen LogP contribution in [0.25, 0.3) is 0 Å². The maximum absolute atomic E-state index is 12.0. The van der Waals surface area contributed by atoms with Gasteiger partial charge in [-0.2, -0.15) is 0 Å². The second kappa shape index (κ2) is 5.28. The Labute approximate surface area is 125 Å². The fraction of sp³-hybridized carbons (Fsp3) is 0.562. The molecule has 20 heavy (non-hydrogen) atoms. The highest BCUT2D eigenvalue weighted by Crippen LogP contribution is 2.45. The van der Waals surface area contributed by atoms with Gasteiger partial charge in [0.15, 0.2) is 0 Å². The molecule has 0 saturated carbocycles. The van der Waals surface area contributed by atoms with Crippen molar-refractivity contribution in [1.82, 2.24) is 0 Å². The maximum Gasteiger partial charge on any atom is 0.328 e. The molecule has 0 bridgehead atoms. The fourth-order valence-electron chi connectivity index (χ4n) is 3.43. The van der Waals surface area contributed by atoms with Crippen LogP contribution in [0.5, 0.6) is 0 Å². The maximum atomic E-state index is 12.0. The van der Waals surface area contributed by atoms with Gasteiger partial charge in [0.25, 0.3) is 0 Å². The van der Waals surface area contributed by atoms with Crippen LogP contribution in [0.15, 0.2) is 18.2 Å². The number of hydrogen-bond donors (Lipinski definition) is 0. The number of carbonyl (C=O) groups excluding carboxylic acids is 1. The normalized spacial score (nSPS) is 22.1. The monoisotopic (exact) mass is 295 g/mol. The van der Waals surface area contributed by atoms with Crippen molar-refractivity contribution in [2.24, 2.45) is 0 Å². The molecule has 0 spiro atoms. The third-order valence-electron chi connectivity index (χ3n) is 4.17. The van der Waals surface area contributed by atoms with Gasteiger partial charge in [-0.15, -0.1) is 0 Å². The van der Waals surface area contributed by atoms with Gasteiger partial charge in [0.05, 0.1) is 7.11 Å². The highest BCUT2D eigenvalue weighted by atomic mass is 35.5. The van der Waals surface area contributed by atoms with Gasteiger partial charge < -0.3 is 9.64 Å². The van der Waals surface area contributed by atoms with Crippen molar-refractivity contribution >= 4 is 23.3 Å². The number of nitrogens with zero attached hydrogens (tertiary/aromatic N) is 1. The van der Waals surface area contributed by atoms with E-state index in [0.29, 0.717) is 5.92 Å². The Morgan fingerprint density at radius 1 is 1.50 bits per heavy atom. The molecule has 1 heterocycles. The highest BCUT2D eigenvalue weighted by Gasteiger charge is 2.41. The van der Waals surface area contributed by atoms with Gasteiger partial charge in [-0.3, -0.25) is 0 Å². The van der Waals surface area contributed by atoms with Crippen molar-refractivity contribution in [2.75, 3.05) is 12.0 Å². The molecule has 2 atom stereocenters. The van der Waals surface area contributed by atoms with Gasteiger partial charge in [-0.1, -0.05) is 18.5 Å². The first-order valence-corrected chi connectivity index (χ1v) is 7.32. The third-order valence-corrected chi connectivity index (χ3v) is 4.40. The summed E-state index contributed by atoms with van der Waals surface area (Å²) in [5.41, 5.74) is 2.18. The predicted molar refractivity (Wildman–Crippen MR) is 82.5 cm³/mol. The molecule has 0 saturated heterocycles. The second-order valence-corrected chi connectivity index (χ2v) is 6.63. The Hall–Kier alpha value is -1.22. The van der Waals surface area contributed by atoms with Crippen LogP contribution < -0.4 is 4.90 Å². The van der Waals surface area contributed by atoms with Crippen LogP contribution in [0, 0.1) is 0 Å². The third kappa shape index (κ3) is 2.51. The first-order chi connectivity index (χ1) is 9.27. The summed E-state index contributed by atoms with van der Waals surface area (Å²) in [6.07, 6.45) is 0.974. The van der Waals surface area contributed by atoms with Crippen LogP contribution in [0.3, 0.4) is 0 Å². The molecule has 2 rings (SSSR count). The van der Waals surface area contributed by atoms with Gasteiger partial charge >= 0.3 is 5.97 Å². The molecule has 0 aromatic heterocycles. The van der Waals surface area contributed by atoms with Crippen LogP contribution in [-0.2, 0) is 9.53 Å². The Balaban J connectivity index is 2.54. The lowest BCUT2D eigenvalue weighted by Gasteiger charge is -2.49. The molecule has 1 aromatic carbocycles. The van der Waals surface area contributed by atoms with Crippen molar-refractivity contribution in [1.29, 1.82) is 0 Å². The molecule has 110 valence electrons. The number of rotatable bonds is 2. The first-order valence-electron chi connectivity index (χ1n) is 6.94. The molecule has 0 radical (unpaired) electrons. The Morgan fingerprint density at radius 3 is 2.75 bits per heavy atom. The van der Waals surface area contributed by atoms with Crippen LogP contribution in [-0.4, -0.2) is 24.7 Å². The van der Waals surface area contributed by atoms with Crippen LogP contribution in [0.4, 0.5) is 5.69 Å². The Morgan fingerprint density at radius 2 is 2.15 bits per heavy atom. The van der Waals surface area contributed by atoms with Gasteiger partial charge in [0, 0.05) is 16.2 Å². The van der Waals surface area contributed by atoms with E-state index in [1.165, 1.54) is 12.7 Å². The van der Waals surface area contributed by atoms with E-state index in [2.05, 4.69) is 25.7 Å². The number of benzene rings is 1. The molecule has 0 N–H and O–H groups in total. The lowest BCUT2D eigenvalue weighted by molar-refractivity contribution is -0.142. The molecule has 0 amide bonds. The predicted octanol–water partition coefficient (Wildman–Crippen LogP) is 3.99. The lowest BCUT2D eigenvalue weighted by atomic mass is 9.79. The van der Waals surface area contributed by atoms with Crippen LogP contribution in [0.1, 0.15) is 45.6 Å². The summed E-state index contributed by atoms with van der Waals surface area (Å²) in [6, 6.07) is 5.58. The standard InChI is InChI=1S/C16H22ClNO2/c1-10-9-16(3,4)18(11(2)15(19)20-5)14-7-6-12(17)8-13(10)14/h6-8,10-11H,9H2,1-5H3/t10-,11+/m0/s1. The molecule has 0 unspecified atom stereocenters. The average molecular weight is 296 g/mol. The summed E-state index contributed by atoms with van der Waals surface area (Å²) in [4.78, 5) is 14.1. The minimum absolute atomic E-state index is 0.103. The van der Waals surface area contributed by atoms with E-state index in [1.807, 2.05) is 25.1 Å². The van der Waals surface area contributed by atoms with E-state index < -0.39 is 0 Å². The molecule has 1 aromatic rings. The molecule has 4 heteroatoms. The SMILES string of the molecule is COC(=O)[C@@H](C)N1c2ccc(Cl)cc2[C@@H](C)CC1(C)C. The number of carbonyl (C=O) groups is 1. The molecular formula is C16H22ClNO2. The highest BCUT2D eigenvalue weighted by molar-refractivity contribution is 6.30.